The van der Waals surface area contributed by atoms with Gasteiger partial charge in [0, 0.05) is 50.2 Å². The molecule has 2 aromatic heterocycles. The molecule has 0 amide bonds. The zero-order chi connectivity index (χ0) is 16.8. The summed E-state index contributed by atoms with van der Waals surface area (Å²) in [7, 11) is 4.23. The first kappa shape index (κ1) is 16.6. The minimum absolute atomic E-state index is 0.893. The third-order valence-electron chi connectivity index (χ3n) is 4.13. The van der Waals surface area contributed by atoms with Crippen molar-refractivity contribution in [1.29, 1.82) is 0 Å². The van der Waals surface area contributed by atoms with Crippen LogP contribution in [0.5, 0.6) is 0 Å². The highest BCUT2D eigenvalue weighted by Gasteiger charge is 2.10. The van der Waals surface area contributed by atoms with Crippen LogP contribution in [-0.4, -0.2) is 47.0 Å². The maximum atomic E-state index is 4.59. The van der Waals surface area contributed by atoms with Crippen molar-refractivity contribution >= 4 is 10.9 Å². The van der Waals surface area contributed by atoms with Crippen LogP contribution in [0.15, 0.2) is 61.1 Å². The van der Waals surface area contributed by atoms with Gasteiger partial charge in [0.05, 0.1) is 5.52 Å². The van der Waals surface area contributed by atoms with Gasteiger partial charge in [-0.2, -0.15) is 0 Å². The van der Waals surface area contributed by atoms with Gasteiger partial charge in [-0.25, -0.2) is 0 Å². The smallest absolute Gasteiger partial charge is 0.0746 e. The normalized spacial score (nSPS) is 11.5. The molecule has 0 aliphatic carbocycles. The molecule has 0 saturated heterocycles. The van der Waals surface area contributed by atoms with Crippen LogP contribution >= 0.6 is 0 Å². The van der Waals surface area contributed by atoms with Crippen LogP contribution in [0, 0.1) is 0 Å². The molecule has 4 heteroatoms. The van der Waals surface area contributed by atoms with Crippen molar-refractivity contribution in [3.8, 4) is 0 Å². The molecule has 2 heterocycles. The van der Waals surface area contributed by atoms with Gasteiger partial charge in [0.2, 0.25) is 0 Å². The second-order valence-corrected chi connectivity index (χ2v) is 6.36. The van der Waals surface area contributed by atoms with E-state index in [4.69, 9.17) is 0 Å². The Kier molecular flexibility index (Phi) is 5.51. The van der Waals surface area contributed by atoms with Crippen molar-refractivity contribution in [2.45, 2.75) is 13.1 Å². The molecule has 3 aromatic rings. The lowest BCUT2D eigenvalue weighted by atomic mass is 10.1. The molecule has 0 N–H and O–H groups in total. The van der Waals surface area contributed by atoms with E-state index in [1.165, 1.54) is 16.5 Å². The number of para-hydroxylation sites is 1. The fourth-order valence-electron chi connectivity index (χ4n) is 2.84. The third kappa shape index (κ3) is 4.37. The quantitative estimate of drug-likeness (QED) is 0.669. The molecule has 0 atom stereocenters. The number of nitrogens with zero attached hydrogens (tertiary/aromatic N) is 4. The molecule has 0 aliphatic heterocycles. The van der Waals surface area contributed by atoms with Gasteiger partial charge in [0.1, 0.15) is 0 Å². The average Bonchev–Trinajstić information content (AvgIpc) is 2.61. The lowest BCUT2D eigenvalue weighted by Crippen LogP contribution is -2.31. The summed E-state index contributed by atoms with van der Waals surface area (Å²) in [5.41, 5.74) is 3.67. The van der Waals surface area contributed by atoms with Crippen LogP contribution in [0.4, 0.5) is 0 Å². The summed E-state index contributed by atoms with van der Waals surface area (Å²) >= 11 is 0. The predicted molar refractivity (Wildman–Crippen MR) is 98.6 cm³/mol. The Morgan fingerprint density at radius 2 is 1.62 bits per heavy atom. The van der Waals surface area contributed by atoms with Gasteiger partial charge in [-0.15, -0.1) is 0 Å². The highest BCUT2D eigenvalue weighted by Crippen LogP contribution is 2.18. The van der Waals surface area contributed by atoms with Gasteiger partial charge in [-0.1, -0.05) is 24.3 Å². The number of likely N-dealkylation sites (N-methyl/N-ethyl adjacent to an activating group) is 1. The van der Waals surface area contributed by atoms with E-state index in [0.717, 1.165) is 31.7 Å². The standard InChI is InChI=1S/C20H24N4/c1-23(2)13-14-24(15-17-8-11-21-12-9-17)16-19-6-3-5-18-7-4-10-22-20(18)19/h3-12H,13-16H2,1-2H3. The topological polar surface area (TPSA) is 32.3 Å². The van der Waals surface area contributed by atoms with Crippen molar-refractivity contribution in [2.24, 2.45) is 0 Å². The van der Waals surface area contributed by atoms with Crippen molar-refractivity contribution in [3.05, 3.63) is 72.2 Å². The minimum Gasteiger partial charge on any atom is -0.308 e. The average molecular weight is 320 g/mol. The Hall–Kier alpha value is -2.30. The number of hydrogen-bond acceptors (Lipinski definition) is 4. The maximum absolute atomic E-state index is 4.59. The van der Waals surface area contributed by atoms with Crippen LogP contribution in [0.3, 0.4) is 0 Å². The number of hydrogen-bond donors (Lipinski definition) is 0. The largest absolute Gasteiger partial charge is 0.308 e. The van der Waals surface area contributed by atoms with Crippen LogP contribution in [0.1, 0.15) is 11.1 Å². The fraction of sp³-hybridized carbons (Fsp3) is 0.300. The van der Waals surface area contributed by atoms with Crippen LogP contribution in [0.25, 0.3) is 10.9 Å². The first-order valence-corrected chi connectivity index (χ1v) is 8.31. The van der Waals surface area contributed by atoms with Crippen molar-refractivity contribution in [2.75, 3.05) is 27.2 Å². The molecule has 0 bridgehead atoms. The molecule has 0 aliphatic rings. The Morgan fingerprint density at radius 3 is 2.42 bits per heavy atom. The molecule has 24 heavy (non-hydrogen) atoms. The summed E-state index contributed by atoms with van der Waals surface area (Å²) in [6, 6.07) is 14.7. The van der Waals surface area contributed by atoms with Crippen LogP contribution in [-0.2, 0) is 13.1 Å². The minimum atomic E-state index is 0.893. The molecule has 124 valence electrons. The van der Waals surface area contributed by atoms with E-state index >= 15 is 0 Å². The van der Waals surface area contributed by atoms with Crippen molar-refractivity contribution < 1.29 is 0 Å². The molecular weight excluding hydrogens is 296 g/mol. The van der Waals surface area contributed by atoms with Crippen LogP contribution in [0.2, 0.25) is 0 Å². The van der Waals surface area contributed by atoms with E-state index < -0.39 is 0 Å². The van der Waals surface area contributed by atoms with E-state index in [1.54, 1.807) is 0 Å². The van der Waals surface area contributed by atoms with Crippen molar-refractivity contribution in [1.82, 2.24) is 19.8 Å². The zero-order valence-corrected chi connectivity index (χ0v) is 14.4. The Morgan fingerprint density at radius 1 is 0.833 bits per heavy atom. The van der Waals surface area contributed by atoms with Gasteiger partial charge in [-0.3, -0.25) is 14.9 Å². The Bertz CT molecular complexity index is 765. The highest BCUT2D eigenvalue weighted by atomic mass is 15.2. The van der Waals surface area contributed by atoms with E-state index in [-0.39, 0.29) is 0 Å². The third-order valence-corrected chi connectivity index (χ3v) is 4.13. The van der Waals surface area contributed by atoms with E-state index in [2.05, 4.69) is 70.3 Å². The number of fused-ring (bicyclic) bond motifs is 1. The molecule has 0 radical (unpaired) electrons. The molecule has 4 nitrogen and oxygen atoms in total. The zero-order valence-electron chi connectivity index (χ0n) is 14.4. The summed E-state index contributed by atoms with van der Waals surface area (Å²) in [4.78, 5) is 13.4. The summed E-state index contributed by atoms with van der Waals surface area (Å²) in [6.45, 7) is 3.85. The number of pyridine rings is 2. The number of aromatic nitrogens is 2. The van der Waals surface area contributed by atoms with Gasteiger partial charge < -0.3 is 4.90 Å². The summed E-state index contributed by atoms with van der Waals surface area (Å²) in [5, 5.41) is 1.20. The maximum Gasteiger partial charge on any atom is 0.0746 e. The molecule has 0 saturated carbocycles. The lowest BCUT2D eigenvalue weighted by molar-refractivity contribution is 0.227. The van der Waals surface area contributed by atoms with E-state index in [1.807, 2.05) is 24.7 Å². The van der Waals surface area contributed by atoms with Crippen molar-refractivity contribution in [3.63, 3.8) is 0 Å². The lowest BCUT2D eigenvalue weighted by Gasteiger charge is -2.24. The molecule has 1 aromatic carbocycles. The Labute approximate surface area is 143 Å². The summed E-state index contributed by atoms with van der Waals surface area (Å²) < 4.78 is 0. The van der Waals surface area contributed by atoms with Gasteiger partial charge in [-0.05, 0) is 43.4 Å². The van der Waals surface area contributed by atoms with Gasteiger partial charge in [0.15, 0.2) is 0 Å². The monoisotopic (exact) mass is 320 g/mol. The number of rotatable bonds is 7. The van der Waals surface area contributed by atoms with E-state index in [0.29, 0.717) is 0 Å². The molecule has 0 unspecified atom stereocenters. The molecule has 3 rings (SSSR count). The predicted octanol–water partition coefficient (Wildman–Crippen LogP) is 3.19. The first-order chi connectivity index (χ1) is 11.7. The molecule has 0 spiro atoms. The molecular formula is C20H24N4. The van der Waals surface area contributed by atoms with Crippen LogP contribution < -0.4 is 0 Å². The number of benzene rings is 1. The highest BCUT2D eigenvalue weighted by molar-refractivity contribution is 5.81. The SMILES string of the molecule is CN(C)CCN(Cc1ccncc1)Cc1cccc2cccnc12. The van der Waals surface area contributed by atoms with Gasteiger partial charge >= 0.3 is 0 Å². The fourth-order valence-corrected chi connectivity index (χ4v) is 2.84. The van der Waals surface area contributed by atoms with E-state index in [9.17, 15) is 0 Å². The second-order valence-electron chi connectivity index (χ2n) is 6.36. The first-order valence-electron chi connectivity index (χ1n) is 8.31. The molecule has 0 fully saturated rings. The summed E-state index contributed by atoms with van der Waals surface area (Å²) in [6.07, 6.45) is 5.59. The Balaban J connectivity index is 1.82. The van der Waals surface area contributed by atoms with Gasteiger partial charge in [0.25, 0.3) is 0 Å². The second kappa shape index (κ2) is 7.99. The summed E-state index contributed by atoms with van der Waals surface area (Å²) in [5.74, 6) is 0.